The van der Waals surface area contributed by atoms with E-state index in [1.54, 1.807) is 19.1 Å². The summed E-state index contributed by atoms with van der Waals surface area (Å²) in [6, 6.07) is 6.83. The molecule has 0 radical (unpaired) electrons. The van der Waals surface area contributed by atoms with Gasteiger partial charge in [-0.1, -0.05) is 11.6 Å². The maximum absolute atomic E-state index is 11.4. The third kappa shape index (κ3) is 2.27. The maximum Gasteiger partial charge on any atom is 0.329 e. The number of hydrogen-bond acceptors (Lipinski definition) is 3. The number of hydrogen-bond donors (Lipinski definition) is 2. The van der Waals surface area contributed by atoms with E-state index in [0.29, 0.717) is 16.3 Å². The molecule has 2 N–H and O–H groups in total. The van der Waals surface area contributed by atoms with E-state index in [1.807, 2.05) is 6.07 Å². The summed E-state index contributed by atoms with van der Waals surface area (Å²) < 4.78 is 0. The van der Waals surface area contributed by atoms with Gasteiger partial charge in [0.1, 0.15) is 11.6 Å². The quantitative estimate of drug-likeness (QED) is 0.877. The molecule has 0 aromatic heterocycles. The van der Waals surface area contributed by atoms with Crippen LogP contribution in [-0.4, -0.2) is 16.6 Å². The lowest BCUT2D eigenvalue weighted by Gasteiger charge is -2.27. The number of carboxylic acid groups (broad SMARTS) is 1. The molecule has 0 heterocycles. The van der Waals surface area contributed by atoms with Crippen LogP contribution < -0.4 is 5.32 Å². The van der Waals surface area contributed by atoms with Gasteiger partial charge in [0.25, 0.3) is 0 Å². The molecular formula is C13H13ClN2O2. The number of carbonyl (C=O) groups is 1. The Bertz CT molecular complexity index is 534. The Morgan fingerprint density at radius 3 is 2.78 bits per heavy atom. The summed E-state index contributed by atoms with van der Waals surface area (Å²) in [5.41, 5.74) is -0.159. The van der Waals surface area contributed by atoms with Crippen LogP contribution in [0.15, 0.2) is 18.2 Å². The summed E-state index contributed by atoms with van der Waals surface area (Å²) in [5, 5.41) is 21.8. The monoisotopic (exact) mass is 264 g/mol. The Morgan fingerprint density at radius 2 is 2.28 bits per heavy atom. The largest absolute Gasteiger partial charge is 0.480 e. The Hall–Kier alpha value is -1.73. The van der Waals surface area contributed by atoms with Crippen molar-refractivity contribution in [2.75, 3.05) is 5.32 Å². The number of anilines is 1. The minimum atomic E-state index is -1.03. The molecule has 0 amide bonds. The van der Waals surface area contributed by atoms with Crippen LogP contribution in [0.4, 0.5) is 5.69 Å². The fourth-order valence-corrected chi connectivity index (χ4v) is 2.16. The summed E-state index contributed by atoms with van der Waals surface area (Å²) in [7, 11) is 0. The van der Waals surface area contributed by atoms with Crippen LogP contribution in [0.5, 0.6) is 0 Å². The van der Waals surface area contributed by atoms with Gasteiger partial charge in [-0.2, -0.15) is 5.26 Å². The second-order valence-electron chi connectivity index (χ2n) is 4.71. The summed E-state index contributed by atoms with van der Waals surface area (Å²) in [4.78, 5) is 11.4. The number of benzene rings is 1. The highest BCUT2D eigenvalue weighted by Crippen LogP contribution is 2.42. The van der Waals surface area contributed by atoms with Crippen molar-refractivity contribution in [2.24, 2.45) is 5.92 Å². The third-order valence-electron chi connectivity index (χ3n) is 3.33. The van der Waals surface area contributed by atoms with Crippen molar-refractivity contribution in [1.29, 1.82) is 5.26 Å². The minimum absolute atomic E-state index is 0.109. The average Bonchev–Trinajstić information content (AvgIpc) is 3.15. The van der Waals surface area contributed by atoms with Crippen LogP contribution in [0.2, 0.25) is 5.02 Å². The Labute approximate surface area is 110 Å². The van der Waals surface area contributed by atoms with E-state index in [1.165, 1.54) is 6.07 Å². The molecule has 1 aliphatic rings. The Morgan fingerprint density at radius 1 is 1.61 bits per heavy atom. The molecule has 4 nitrogen and oxygen atoms in total. The number of rotatable bonds is 4. The van der Waals surface area contributed by atoms with Gasteiger partial charge in [0.15, 0.2) is 0 Å². The predicted octanol–water partition coefficient (Wildman–Crippen LogP) is 2.88. The molecule has 0 aliphatic heterocycles. The van der Waals surface area contributed by atoms with Crippen molar-refractivity contribution in [2.45, 2.75) is 25.3 Å². The van der Waals surface area contributed by atoms with Gasteiger partial charge in [0.05, 0.1) is 11.3 Å². The van der Waals surface area contributed by atoms with Crippen molar-refractivity contribution in [1.82, 2.24) is 0 Å². The van der Waals surface area contributed by atoms with E-state index < -0.39 is 11.5 Å². The minimum Gasteiger partial charge on any atom is -0.480 e. The van der Waals surface area contributed by atoms with Gasteiger partial charge >= 0.3 is 5.97 Å². The lowest BCUT2D eigenvalue weighted by atomic mass is 9.95. The molecule has 1 aromatic rings. The molecule has 1 aliphatic carbocycles. The molecule has 18 heavy (non-hydrogen) atoms. The molecule has 1 unspecified atom stereocenters. The number of nitrogens with one attached hydrogen (secondary N) is 1. The van der Waals surface area contributed by atoms with Crippen molar-refractivity contribution < 1.29 is 9.90 Å². The van der Waals surface area contributed by atoms with Crippen LogP contribution in [0.25, 0.3) is 0 Å². The maximum atomic E-state index is 11.4. The van der Waals surface area contributed by atoms with Crippen LogP contribution >= 0.6 is 11.6 Å². The number of nitriles is 1. The fraction of sp³-hybridized carbons (Fsp3) is 0.385. The average molecular weight is 265 g/mol. The molecule has 5 heteroatoms. The van der Waals surface area contributed by atoms with Crippen LogP contribution in [0.1, 0.15) is 25.3 Å². The highest BCUT2D eigenvalue weighted by Gasteiger charge is 2.47. The number of halogens is 1. The van der Waals surface area contributed by atoms with Gasteiger partial charge in [0, 0.05) is 5.02 Å². The molecule has 0 spiro atoms. The van der Waals surface area contributed by atoms with Crippen molar-refractivity contribution in [3.8, 4) is 6.07 Å². The predicted molar refractivity (Wildman–Crippen MR) is 68.6 cm³/mol. The van der Waals surface area contributed by atoms with Crippen molar-refractivity contribution in [3.05, 3.63) is 28.8 Å². The third-order valence-corrected chi connectivity index (χ3v) is 3.57. The highest BCUT2D eigenvalue weighted by atomic mass is 35.5. The fourth-order valence-electron chi connectivity index (χ4n) is 1.99. The van der Waals surface area contributed by atoms with Crippen molar-refractivity contribution >= 4 is 23.3 Å². The molecule has 1 fully saturated rings. The number of aliphatic carboxylic acids is 1. The van der Waals surface area contributed by atoms with Crippen LogP contribution in [-0.2, 0) is 4.79 Å². The topological polar surface area (TPSA) is 73.1 Å². The molecule has 1 aromatic carbocycles. The SMILES string of the molecule is CC(Nc1ccc(Cl)cc1C#N)(C(=O)O)C1CC1. The van der Waals surface area contributed by atoms with Crippen LogP contribution in [0.3, 0.4) is 0 Å². The number of carboxylic acids is 1. The first-order valence-electron chi connectivity index (χ1n) is 5.68. The Balaban J connectivity index is 2.33. The smallest absolute Gasteiger partial charge is 0.329 e. The van der Waals surface area contributed by atoms with Gasteiger partial charge in [-0.3, -0.25) is 0 Å². The van der Waals surface area contributed by atoms with Gasteiger partial charge < -0.3 is 10.4 Å². The molecule has 0 saturated heterocycles. The van der Waals surface area contributed by atoms with Gasteiger partial charge in [0.2, 0.25) is 0 Å². The zero-order chi connectivity index (χ0) is 13.3. The molecule has 0 bridgehead atoms. The normalized spacial score (nSPS) is 17.6. The summed E-state index contributed by atoms with van der Waals surface area (Å²) in [6.07, 6.45) is 1.79. The van der Waals surface area contributed by atoms with Gasteiger partial charge in [-0.05, 0) is 43.9 Å². The zero-order valence-electron chi connectivity index (χ0n) is 9.90. The number of nitrogens with zero attached hydrogens (tertiary/aromatic N) is 1. The van der Waals surface area contributed by atoms with E-state index in [4.69, 9.17) is 16.9 Å². The molecular weight excluding hydrogens is 252 g/mol. The first-order valence-corrected chi connectivity index (χ1v) is 6.06. The molecule has 1 saturated carbocycles. The first kappa shape index (κ1) is 12.7. The summed E-state index contributed by atoms with van der Waals surface area (Å²) in [5.74, 6) is -0.791. The molecule has 94 valence electrons. The second kappa shape index (κ2) is 4.51. The summed E-state index contributed by atoms with van der Waals surface area (Å²) in [6.45, 7) is 1.66. The standard InChI is InChI=1S/C13H13ClN2O2/c1-13(12(17)18,9-2-3-9)16-11-5-4-10(14)6-8(11)7-15/h4-6,9,16H,2-3H2,1H3,(H,17,18). The molecule has 2 rings (SSSR count). The van der Waals surface area contributed by atoms with E-state index >= 15 is 0 Å². The van der Waals surface area contributed by atoms with E-state index in [-0.39, 0.29) is 5.92 Å². The highest BCUT2D eigenvalue weighted by molar-refractivity contribution is 6.30. The lowest BCUT2D eigenvalue weighted by Crippen LogP contribution is -2.45. The van der Waals surface area contributed by atoms with Crippen molar-refractivity contribution in [3.63, 3.8) is 0 Å². The van der Waals surface area contributed by atoms with Gasteiger partial charge in [-0.25, -0.2) is 4.79 Å². The Kier molecular flexibility index (Phi) is 3.18. The van der Waals surface area contributed by atoms with E-state index in [9.17, 15) is 9.90 Å². The van der Waals surface area contributed by atoms with E-state index in [2.05, 4.69) is 5.32 Å². The van der Waals surface area contributed by atoms with Gasteiger partial charge in [-0.15, -0.1) is 0 Å². The zero-order valence-corrected chi connectivity index (χ0v) is 10.7. The first-order chi connectivity index (χ1) is 8.47. The lowest BCUT2D eigenvalue weighted by molar-refractivity contribution is -0.142. The summed E-state index contributed by atoms with van der Waals surface area (Å²) >= 11 is 5.81. The van der Waals surface area contributed by atoms with Crippen LogP contribution in [0, 0.1) is 17.2 Å². The second-order valence-corrected chi connectivity index (χ2v) is 5.14. The van der Waals surface area contributed by atoms with E-state index in [0.717, 1.165) is 12.8 Å². The molecule has 1 atom stereocenters.